The predicted octanol–water partition coefficient (Wildman–Crippen LogP) is 3.34. The van der Waals surface area contributed by atoms with E-state index in [-0.39, 0.29) is 24.9 Å². The second-order valence-corrected chi connectivity index (χ2v) is 6.75. The second kappa shape index (κ2) is 7.15. The van der Waals surface area contributed by atoms with Crippen molar-refractivity contribution in [3.05, 3.63) is 65.5 Å². The highest BCUT2D eigenvalue weighted by atomic mass is 19.1. The summed E-state index contributed by atoms with van der Waals surface area (Å²) in [7, 11) is 0. The highest BCUT2D eigenvalue weighted by Crippen LogP contribution is 2.32. The van der Waals surface area contributed by atoms with Crippen molar-refractivity contribution < 1.29 is 23.8 Å². The van der Waals surface area contributed by atoms with Gasteiger partial charge >= 0.3 is 5.97 Å². The molecule has 1 aliphatic heterocycles. The molecule has 1 unspecified atom stereocenters. The van der Waals surface area contributed by atoms with Gasteiger partial charge in [0.2, 0.25) is 0 Å². The molecule has 0 saturated carbocycles. The molecule has 0 bridgehead atoms. The lowest BCUT2D eigenvalue weighted by molar-refractivity contribution is -0.147. The van der Waals surface area contributed by atoms with Crippen LogP contribution in [0, 0.1) is 11.2 Å². The van der Waals surface area contributed by atoms with E-state index in [4.69, 9.17) is 4.74 Å². The van der Waals surface area contributed by atoms with Crippen molar-refractivity contribution in [1.29, 1.82) is 0 Å². The standard InChI is InChI=1S/C20H20FNO4/c1-20(19(24)25)10-11-22(13-20)18(23)16-4-2-3-5-17(16)26-12-14-6-8-15(21)9-7-14/h2-9H,10-13H2,1H3,(H,24,25). The van der Waals surface area contributed by atoms with E-state index in [9.17, 15) is 19.1 Å². The van der Waals surface area contributed by atoms with Gasteiger partial charge < -0.3 is 14.7 Å². The number of nitrogens with zero attached hydrogens (tertiary/aromatic N) is 1. The number of carboxylic acids is 1. The first-order valence-electron chi connectivity index (χ1n) is 8.38. The molecule has 26 heavy (non-hydrogen) atoms. The number of amides is 1. The van der Waals surface area contributed by atoms with E-state index in [1.807, 2.05) is 0 Å². The Labute approximate surface area is 151 Å². The molecule has 1 amide bonds. The molecule has 2 aromatic rings. The number of ether oxygens (including phenoxy) is 1. The summed E-state index contributed by atoms with van der Waals surface area (Å²) >= 11 is 0. The molecule has 0 aliphatic carbocycles. The van der Waals surface area contributed by atoms with Crippen molar-refractivity contribution >= 4 is 11.9 Å². The number of benzene rings is 2. The Morgan fingerprint density at radius 1 is 1.19 bits per heavy atom. The van der Waals surface area contributed by atoms with Gasteiger partial charge in [-0.05, 0) is 43.2 Å². The van der Waals surface area contributed by atoms with E-state index < -0.39 is 11.4 Å². The van der Waals surface area contributed by atoms with E-state index >= 15 is 0 Å². The van der Waals surface area contributed by atoms with Crippen molar-refractivity contribution in [2.24, 2.45) is 5.41 Å². The molecule has 1 heterocycles. The Kier molecular flexibility index (Phi) is 4.93. The van der Waals surface area contributed by atoms with E-state index in [2.05, 4.69) is 0 Å². The number of likely N-dealkylation sites (tertiary alicyclic amines) is 1. The highest BCUT2D eigenvalue weighted by molar-refractivity contribution is 5.97. The van der Waals surface area contributed by atoms with Crippen LogP contribution in [0.2, 0.25) is 0 Å². The van der Waals surface area contributed by atoms with Crippen LogP contribution in [0.25, 0.3) is 0 Å². The van der Waals surface area contributed by atoms with E-state index in [0.717, 1.165) is 5.56 Å². The van der Waals surface area contributed by atoms with Gasteiger partial charge in [-0.15, -0.1) is 0 Å². The first-order valence-corrected chi connectivity index (χ1v) is 8.38. The van der Waals surface area contributed by atoms with Crippen LogP contribution in [0.1, 0.15) is 29.3 Å². The average molecular weight is 357 g/mol. The topological polar surface area (TPSA) is 66.8 Å². The van der Waals surface area contributed by atoms with Crippen molar-refractivity contribution in [3.8, 4) is 5.75 Å². The summed E-state index contributed by atoms with van der Waals surface area (Å²) in [5.41, 5.74) is 0.261. The molecule has 136 valence electrons. The van der Waals surface area contributed by atoms with E-state index in [1.54, 1.807) is 48.2 Å². The molecular weight excluding hydrogens is 337 g/mol. The summed E-state index contributed by atoms with van der Waals surface area (Å²) in [6.45, 7) is 2.43. The minimum atomic E-state index is -0.917. The van der Waals surface area contributed by atoms with Gasteiger partial charge in [0.1, 0.15) is 18.2 Å². The predicted molar refractivity (Wildman–Crippen MR) is 93.4 cm³/mol. The highest BCUT2D eigenvalue weighted by Gasteiger charge is 2.42. The maximum absolute atomic E-state index is 13.0. The minimum absolute atomic E-state index is 0.174. The van der Waals surface area contributed by atoms with Crippen LogP contribution >= 0.6 is 0 Å². The van der Waals surface area contributed by atoms with Crippen LogP contribution in [-0.4, -0.2) is 35.0 Å². The number of rotatable bonds is 5. The summed E-state index contributed by atoms with van der Waals surface area (Å²) < 4.78 is 18.7. The molecular formula is C20H20FNO4. The van der Waals surface area contributed by atoms with Crippen LogP contribution in [0.15, 0.2) is 48.5 Å². The quantitative estimate of drug-likeness (QED) is 0.891. The number of hydrogen-bond donors (Lipinski definition) is 1. The Bertz CT molecular complexity index is 821. The van der Waals surface area contributed by atoms with Gasteiger partial charge in [0, 0.05) is 13.1 Å². The molecule has 1 saturated heterocycles. The second-order valence-electron chi connectivity index (χ2n) is 6.75. The lowest BCUT2D eigenvalue weighted by atomic mass is 9.90. The number of hydrogen-bond acceptors (Lipinski definition) is 3. The van der Waals surface area contributed by atoms with Crippen LogP contribution < -0.4 is 4.74 Å². The van der Waals surface area contributed by atoms with Gasteiger partial charge in [-0.25, -0.2) is 4.39 Å². The first-order chi connectivity index (χ1) is 12.4. The number of halogens is 1. The summed E-state index contributed by atoms with van der Waals surface area (Å²) in [4.78, 5) is 25.8. The zero-order valence-electron chi connectivity index (χ0n) is 14.4. The summed E-state index contributed by atoms with van der Waals surface area (Å²) in [6.07, 6.45) is 0.423. The van der Waals surface area contributed by atoms with Crippen LogP contribution in [0.3, 0.4) is 0 Å². The molecule has 1 atom stereocenters. The van der Waals surface area contributed by atoms with Gasteiger partial charge in [-0.3, -0.25) is 9.59 Å². The Balaban J connectivity index is 1.73. The zero-order chi connectivity index (χ0) is 18.7. The summed E-state index contributed by atoms with van der Waals surface area (Å²) in [5, 5.41) is 9.34. The third kappa shape index (κ3) is 3.69. The van der Waals surface area contributed by atoms with E-state index in [1.165, 1.54) is 12.1 Å². The Morgan fingerprint density at radius 2 is 1.88 bits per heavy atom. The van der Waals surface area contributed by atoms with Crippen LogP contribution in [0.4, 0.5) is 4.39 Å². The molecule has 0 spiro atoms. The molecule has 3 rings (SSSR count). The summed E-state index contributed by atoms with van der Waals surface area (Å²) in [5.74, 6) is -1.04. The van der Waals surface area contributed by atoms with Crippen LogP contribution in [-0.2, 0) is 11.4 Å². The van der Waals surface area contributed by atoms with Crippen molar-refractivity contribution in [2.45, 2.75) is 20.0 Å². The lowest BCUT2D eigenvalue weighted by Gasteiger charge is -2.21. The minimum Gasteiger partial charge on any atom is -0.488 e. The Hall–Kier alpha value is -2.89. The fourth-order valence-electron chi connectivity index (χ4n) is 2.99. The van der Waals surface area contributed by atoms with Crippen molar-refractivity contribution in [2.75, 3.05) is 13.1 Å². The molecule has 0 radical (unpaired) electrons. The van der Waals surface area contributed by atoms with E-state index in [0.29, 0.717) is 24.3 Å². The number of carbonyl (C=O) groups excluding carboxylic acids is 1. The maximum Gasteiger partial charge on any atom is 0.311 e. The lowest BCUT2D eigenvalue weighted by Crippen LogP contribution is -2.35. The molecule has 1 N–H and O–H groups in total. The van der Waals surface area contributed by atoms with Gasteiger partial charge in [0.15, 0.2) is 0 Å². The van der Waals surface area contributed by atoms with Crippen LogP contribution in [0.5, 0.6) is 5.75 Å². The molecule has 6 heteroatoms. The third-order valence-corrected chi connectivity index (χ3v) is 4.70. The number of carbonyl (C=O) groups is 2. The average Bonchev–Trinajstić information content (AvgIpc) is 3.05. The first kappa shape index (κ1) is 17.9. The van der Waals surface area contributed by atoms with Crippen molar-refractivity contribution in [1.82, 2.24) is 4.90 Å². The fourth-order valence-corrected chi connectivity index (χ4v) is 2.99. The van der Waals surface area contributed by atoms with Gasteiger partial charge in [0.25, 0.3) is 5.91 Å². The molecule has 0 aromatic heterocycles. The van der Waals surface area contributed by atoms with Gasteiger partial charge in [-0.1, -0.05) is 24.3 Å². The molecule has 2 aromatic carbocycles. The largest absolute Gasteiger partial charge is 0.488 e. The Morgan fingerprint density at radius 3 is 2.54 bits per heavy atom. The SMILES string of the molecule is CC1(C(=O)O)CCN(C(=O)c2ccccc2OCc2ccc(F)cc2)C1. The normalized spacial score (nSPS) is 19.4. The monoisotopic (exact) mass is 357 g/mol. The maximum atomic E-state index is 13.0. The van der Waals surface area contributed by atoms with Gasteiger partial charge in [-0.2, -0.15) is 0 Å². The third-order valence-electron chi connectivity index (χ3n) is 4.70. The fraction of sp³-hybridized carbons (Fsp3) is 0.300. The summed E-state index contributed by atoms with van der Waals surface area (Å²) in [6, 6.07) is 12.8. The molecule has 5 nitrogen and oxygen atoms in total. The van der Waals surface area contributed by atoms with Crippen molar-refractivity contribution in [3.63, 3.8) is 0 Å². The zero-order valence-corrected chi connectivity index (χ0v) is 14.4. The number of carboxylic acid groups (broad SMARTS) is 1. The number of para-hydroxylation sites is 1. The van der Waals surface area contributed by atoms with Gasteiger partial charge in [0.05, 0.1) is 11.0 Å². The smallest absolute Gasteiger partial charge is 0.311 e. The molecule has 1 fully saturated rings. The number of aliphatic carboxylic acids is 1. The molecule has 1 aliphatic rings.